The van der Waals surface area contributed by atoms with Crippen LogP contribution in [0.15, 0.2) is 34.3 Å². The second-order valence-electron chi connectivity index (χ2n) is 2.98. The molecule has 1 aromatic rings. The van der Waals surface area contributed by atoms with Crippen LogP contribution >= 0.6 is 23.5 Å². The highest BCUT2D eigenvalue weighted by atomic mass is 32.2. The molecule has 0 heterocycles. The molecule has 4 N–H and O–H groups in total. The summed E-state index contributed by atoms with van der Waals surface area (Å²) < 4.78 is 0. The first kappa shape index (κ1) is 12.3. The van der Waals surface area contributed by atoms with E-state index in [0.29, 0.717) is 5.17 Å². The topological polar surface area (TPSA) is 64.4 Å². The van der Waals surface area contributed by atoms with Crippen molar-refractivity contribution in [3.63, 3.8) is 0 Å². The zero-order chi connectivity index (χ0) is 11.1. The van der Waals surface area contributed by atoms with Gasteiger partial charge in [-0.15, -0.1) is 11.8 Å². The van der Waals surface area contributed by atoms with Gasteiger partial charge in [-0.2, -0.15) is 5.10 Å². The van der Waals surface area contributed by atoms with Crippen LogP contribution in [0.5, 0.6) is 0 Å². The lowest BCUT2D eigenvalue weighted by atomic mass is 10.2. The van der Waals surface area contributed by atoms with E-state index in [-0.39, 0.29) is 0 Å². The van der Waals surface area contributed by atoms with Crippen molar-refractivity contribution in [2.45, 2.75) is 11.8 Å². The third-order valence-corrected chi connectivity index (χ3v) is 3.83. The molecule has 0 saturated carbocycles. The minimum absolute atomic E-state index is 0.444. The van der Waals surface area contributed by atoms with Gasteiger partial charge in [0.15, 0.2) is 5.17 Å². The van der Waals surface area contributed by atoms with Crippen LogP contribution in [0.25, 0.3) is 0 Å². The maximum absolute atomic E-state index is 5.45. The summed E-state index contributed by atoms with van der Waals surface area (Å²) >= 11 is 3.29. The largest absolute Gasteiger partial charge is 0.377 e. The van der Waals surface area contributed by atoms with Gasteiger partial charge in [-0.05, 0) is 19.1 Å². The van der Waals surface area contributed by atoms with Crippen LogP contribution < -0.4 is 11.6 Å². The van der Waals surface area contributed by atoms with Crippen molar-refractivity contribution in [1.82, 2.24) is 0 Å². The molecule has 0 saturated heterocycles. The summed E-state index contributed by atoms with van der Waals surface area (Å²) in [6, 6.07) is 8.49. The molecule has 15 heavy (non-hydrogen) atoms. The lowest BCUT2D eigenvalue weighted by Crippen LogP contribution is -2.10. The molecular weight excluding hydrogens is 226 g/mol. The van der Waals surface area contributed by atoms with Crippen LogP contribution in [0, 0.1) is 6.92 Å². The highest BCUT2D eigenvalue weighted by Gasteiger charge is 1.96. The number of thioether (sulfide) groups is 2. The van der Waals surface area contributed by atoms with Crippen LogP contribution in [-0.2, 0) is 0 Å². The van der Waals surface area contributed by atoms with Gasteiger partial charge in [0.1, 0.15) is 0 Å². The van der Waals surface area contributed by atoms with E-state index in [1.54, 1.807) is 0 Å². The van der Waals surface area contributed by atoms with Gasteiger partial charge in [0.05, 0.1) is 0 Å². The third kappa shape index (κ3) is 4.99. The van der Waals surface area contributed by atoms with E-state index in [1.165, 1.54) is 22.2 Å². The number of benzene rings is 1. The molecule has 0 aromatic heterocycles. The Morgan fingerprint density at radius 2 is 1.93 bits per heavy atom. The molecule has 0 amide bonds. The Labute approximate surface area is 98.7 Å². The number of amidine groups is 1. The van der Waals surface area contributed by atoms with Crippen molar-refractivity contribution in [3.8, 4) is 0 Å². The molecule has 5 heteroatoms. The average Bonchev–Trinajstić information content (AvgIpc) is 2.26. The first-order valence-corrected chi connectivity index (χ1v) is 6.55. The summed E-state index contributed by atoms with van der Waals surface area (Å²) in [5.41, 5.74) is 6.74. The number of aryl methyl sites for hydroxylation is 1. The summed E-state index contributed by atoms with van der Waals surface area (Å²) in [4.78, 5) is 1.28. The molecule has 0 bridgehead atoms. The zero-order valence-electron chi connectivity index (χ0n) is 8.64. The predicted molar refractivity (Wildman–Crippen MR) is 70.2 cm³/mol. The second kappa shape index (κ2) is 6.63. The lowest BCUT2D eigenvalue weighted by Gasteiger charge is -2.01. The maximum Gasteiger partial charge on any atom is 0.177 e. The van der Waals surface area contributed by atoms with E-state index in [0.717, 1.165) is 11.5 Å². The van der Waals surface area contributed by atoms with Gasteiger partial charge in [-0.25, -0.2) is 0 Å². The summed E-state index contributed by atoms with van der Waals surface area (Å²) in [7, 11) is 0. The quantitative estimate of drug-likeness (QED) is 0.211. The maximum atomic E-state index is 5.45. The highest BCUT2D eigenvalue weighted by molar-refractivity contribution is 8.14. The number of nitrogens with zero attached hydrogens (tertiary/aromatic N) is 1. The number of nitrogens with two attached hydrogens (primary N) is 2. The first-order chi connectivity index (χ1) is 7.22. The first-order valence-electron chi connectivity index (χ1n) is 4.58. The highest BCUT2D eigenvalue weighted by Crippen LogP contribution is 2.19. The van der Waals surface area contributed by atoms with Crippen molar-refractivity contribution < 1.29 is 0 Å². The molecule has 1 rings (SSSR count). The number of hydrogen-bond donors (Lipinski definition) is 2. The molecule has 0 aliphatic carbocycles. The average molecular weight is 241 g/mol. The molecule has 0 aliphatic heterocycles. The van der Waals surface area contributed by atoms with Crippen molar-refractivity contribution in [3.05, 3.63) is 29.8 Å². The van der Waals surface area contributed by atoms with Crippen LogP contribution in [0.4, 0.5) is 0 Å². The van der Waals surface area contributed by atoms with Crippen molar-refractivity contribution in [2.75, 3.05) is 11.5 Å². The van der Waals surface area contributed by atoms with Gasteiger partial charge < -0.3 is 11.6 Å². The smallest absolute Gasteiger partial charge is 0.177 e. The van der Waals surface area contributed by atoms with E-state index in [4.69, 9.17) is 11.6 Å². The number of hydrogen-bond acceptors (Lipinski definition) is 4. The van der Waals surface area contributed by atoms with E-state index in [9.17, 15) is 0 Å². The van der Waals surface area contributed by atoms with E-state index >= 15 is 0 Å². The van der Waals surface area contributed by atoms with Gasteiger partial charge in [0.2, 0.25) is 0 Å². The van der Waals surface area contributed by atoms with E-state index in [1.807, 2.05) is 11.8 Å². The molecule has 0 spiro atoms. The second-order valence-corrected chi connectivity index (χ2v) is 5.26. The molecule has 0 fully saturated rings. The Morgan fingerprint density at radius 3 is 2.53 bits per heavy atom. The van der Waals surface area contributed by atoms with Crippen LogP contribution in [0.2, 0.25) is 0 Å². The Morgan fingerprint density at radius 1 is 1.27 bits per heavy atom. The summed E-state index contributed by atoms with van der Waals surface area (Å²) in [6.45, 7) is 2.09. The Bertz CT molecular complexity index is 322. The van der Waals surface area contributed by atoms with Gasteiger partial charge in [0.25, 0.3) is 0 Å². The molecule has 1 aromatic carbocycles. The van der Waals surface area contributed by atoms with Gasteiger partial charge in [-0.1, -0.05) is 29.5 Å². The molecule has 0 unspecified atom stereocenters. The molecule has 82 valence electrons. The SMILES string of the molecule is Cc1ccc(SCCSC(N)=NN)cc1. The van der Waals surface area contributed by atoms with Gasteiger partial charge in [0, 0.05) is 16.4 Å². The Balaban J connectivity index is 2.23. The Hall–Kier alpha value is -0.810. The fraction of sp³-hybridized carbons (Fsp3) is 0.300. The lowest BCUT2D eigenvalue weighted by molar-refractivity contribution is 1.25. The van der Waals surface area contributed by atoms with E-state index < -0.39 is 0 Å². The standard InChI is InChI=1S/C10H15N3S2/c1-8-2-4-9(5-3-8)14-6-7-15-10(11)13-12/h2-5H,6-7,12H2,1H3,(H2,11,13). The molecule has 3 nitrogen and oxygen atoms in total. The summed E-state index contributed by atoms with van der Waals surface area (Å²) in [6.07, 6.45) is 0. The monoisotopic (exact) mass is 241 g/mol. The van der Waals surface area contributed by atoms with Crippen LogP contribution in [0.1, 0.15) is 5.56 Å². The summed E-state index contributed by atoms with van der Waals surface area (Å²) in [5, 5.41) is 3.84. The predicted octanol–water partition coefficient (Wildman–Crippen LogP) is 2.01. The van der Waals surface area contributed by atoms with Crippen LogP contribution in [-0.4, -0.2) is 16.7 Å². The van der Waals surface area contributed by atoms with Crippen molar-refractivity contribution >= 4 is 28.7 Å². The van der Waals surface area contributed by atoms with Crippen molar-refractivity contribution in [1.29, 1.82) is 0 Å². The zero-order valence-corrected chi connectivity index (χ0v) is 10.3. The van der Waals surface area contributed by atoms with E-state index in [2.05, 4.69) is 36.3 Å². The fourth-order valence-corrected chi connectivity index (χ4v) is 2.49. The number of hydrazone groups is 1. The van der Waals surface area contributed by atoms with Gasteiger partial charge in [-0.3, -0.25) is 0 Å². The van der Waals surface area contributed by atoms with Crippen molar-refractivity contribution in [2.24, 2.45) is 16.7 Å². The molecule has 0 radical (unpaired) electrons. The number of rotatable bonds is 4. The Kier molecular flexibility index (Phi) is 5.42. The molecule has 0 atom stereocenters. The minimum atomic E-state index is 0.444. The minimum Gasteiger partial charge on any atom is -0.377 e. The summed E-state index contributed by atoms with van der Waals surface area (Å²) in [5.74, 6) is 6.94. The molecule has 0 aliphatic rings. The fourth-order valence-electron chi connectivity index (χ4n) is 0.978. The van der Waals surface area contributed by atoms with Gasteiger partial charge >= 0.3 is 0 Å². The third-order valence-electron chi connectivity index (χ3n) is 1.75. The normalized spacial score (nSPS) is 11.7. The van der Waals surface area contributed by atoms with Crippen LogP contribution in [0.3, 0.4) is 0 Å². The molecular formula is C10H15N3S2.